The van der Waals surface area contributed by atoms with Crippen molar-refractivity contribution in [1.82, 2.24) is 10.2 Å². The van der Waals surface area contributed by atoms with Crippen molar-refractivity contribution in [2.45, 2.75) is 24.4 Å². The molecule has 3 aliphatic rings. The predicted molar refractivity (Wildman–Crippen MR) is 168 cm³/mol. The Bertz CT molecular complexity index is 1640. The lowest BCUT2D eigenvalue weighted by molar-refractivity contribution is -0.153. The summed E-state index contributed by atoms with van der Waals surface area (Å²) >= 11 is 1.41. The van der Waals surface area contributed by atoms with E-state index in [2.05, 4.69) is 5.32 Å². The summed E-state index contributed by atoms with van der Waals surface area (Å²) in [6.07, 6.45) is 1.63. The predicted octanol–water partition coefficient (Wildman–Crippen LogP) is 5.46. The average Bonchev–Trinajstić information content (AvgIpc) is 3.44. The second-order valence-corrected chi connectivity index (χ2v) is 13.2. The molecule has 3 heterocycles. The van der Waals surface area contributed by atoms with Crippen LogP contribution in [0.2, 0.25) is 0 Å². The summed E-state index contributed by atoms with van der Waals surface area (Å²) in [7, 11) is -0.0659. The summed E-state index contributed by atoms with van der Waals surface area (Å²) < 4.78 is 26.4. The molecule has 0 saturated carbocycles. The Hall–Kier alpha value is -4.28. The first-order chi connectivity index (χ1) is 20.9. The van der Waals surface area contributed by atoms with Crippen molar-refractivity contribution in [3.63, 3.8) is 0 Å². The molecule has 0 bridgehead atoms. The molecule has 1 saturated heterocycles. The number of fused-ring (bicyclic) bond motifs is 1. The molecule has 3 unspecified atom stereocenters. The third kappa shape index (κ3) is 5.98. The molecule has 0 spiro atoms. The molecule has 7 nitrogen and oxygen atoms in total. The Labute approximate surface area is 255 Å². The van der Waals surface area contributed by atoms with E-state index in [9.17, 15) is 14.4 Å². The van der Waals surface area contributed by atoms with Gasteiger partial charge in [-0.05, 0) is 45.9 Å². The first-order valence-electron chi connectivity index (χ1n) is 13.7. The number of rotatable bonds is 9. The van der Waals surface area contributed by atoms with Gasteiger partial charge in [-0.2, -0.15) is 10.9 Å². The number of nitrogens with zero attached hydrogens (tertiary/aromatic N) is 1. The number of esters is 1. The highest BCUT2D eigenvalue weighted by Crippen LogP contribution is 2.57. The molecule has 1 fully saturated rings. The van der Waals surface area contributed by atoms with Crippen LogP contribution in [0.15, 0.2) is 112 Å². The number of β-lactam (4-membered cyclic amide) rings is 1. The van der Waals surface area contributed by atoms with Gasteiger partial charge in [0.2, 0.25) is 5.91 Å². The summed E-state index contributed by atoms with van der Waals surface area (Å²) in [4.78, 5) is 41.9. The van der Waals surface area contributed by atoms with Gasteiger partial charge in [0.25, 0.3) is 5.91 Å². The number of methoxy groups -OCH3 is 1. The Kier molecular flexibility index (Phi) is 8.40. The van der Waals surface area contributed by atoms with Crippen LogP contribution in [0.3, 0.4) is 0 Å². The number of allylic oxidation sites excluding steroid dienone is 2. The number of carbonyl (C=O) groups is 3. The fourth-order valence-electron chi connectivity index (χ4n) is 5.15. The van der Waals surface area contributed by atoms with Gasteiger partial charge < -0.3 is 14.8 Å². The van der Waals surface area contributed by atoms with Gasteiger partial charge in [0, 0.05) is 10.7 Å². The van der Waals surface area contributed by atoms with E-state index >= 15 is 4.39 Å². The lowest BCUT2D eigenvalue weighted by Gasteiger charge is -2.50. The third-order valence-corrected chi connectivity index (χ3v) is 10.9. The maximum Gasteiger partial charge on any atom is 0.356 e. The maximum atomic E-state index is 15.5. The summed E-state index contributed by atoms with van der Waals surface area (Å²) in [6, 6.07) is 25.0. The second-order valence-electron chi connectivity index (χ2n) is 10.1. The normalized spacial score (nSPS) is 21.8. The van der Waals surface area contributed by atoms with Gasteiger partial charge in [0.05, 0.1) is 13.5 Å². The van der Waals surface area contributed by atoms with Crippen LogP contribution in [0, 0.1) is 0 Å². The van der Waals surface area contributed by atoms with Gasteiger partial charge in [-0.1, -0.05) is 72.8 Å². The van der Waals surface area contributed by atoms with Gasteiger partial charge >= 0.3 is 5.97 Å². The van der Waals surface area contributed by atoms with Crippen LogP contribution in [0.4, 0.5) is 4.39 Å². The van der Waals surface area contributed by atoms with Crippen LogP contribution in [-0.2, 0) is 32.1 Å². The zero-order valence-electron chi connectivity index (χ0n) is 23.2. The highest BCUT2D eigenvalue weighted by atomic mass is 32.2. The number of benzene rings is 3. The lowest BCUT2D eigenvalue weighted by atomic mass is 10.0. The van der Waals surface area contributed by atoms with Gasteiger partial charge in [0.15, 0.2) is 0 Å². The van der Waals surface area contributed by atoms with Crippen molar-refractivity contribution in [3.8, 4) is 5.75 Å². The maximum absolute atomic E-state index is 15.5. The first-order valence-corrected chi connectivity index (χ1v) is 16.1. The number of amides is 2. The lowest BCUT2D eigenvalue weighted by Crippen LogP contribution is -2.70. The van der Waals surface area contributed by atoms with Crippen molar-refractivity contribution in [2.24, 2.45) is 0 Å². The Morgan fingerprint density at radius 2 is 1.70 bits per heavy atom. The fourth-order valence-corrected chi connectivity index (χ4v) is 8.88. The molecule has 6 rings (SSSR count). The number of halogens is 1. The molecule has 1 N–H and O–H groups in total. The van der Waals surface area contributed by atoms with E-state index in [-0.39, 0.29) is 29.8 Å². The zero-order chi connectivity index (χ0) is 29.9. The van der Waals surface area contributed by atoms with Crippen molar-refractivity contribution < 1.29 is 28.2 Å². The molecule has 2 amide bonds. The molecular formula is C33H29FN2O5S2. The first kappa shape index (κ1) is 28.8. The topological polar surface area (TPSA) is 84.9 Å². The minimum absolute atomic E-state index is 0.0297. The SMILES string of the molecule is COc1ccc(COC(=O)C2=C([SH]3C=C(c4ccccc4)C=C3F)CSC3C(NC(=O)Cc4ccccc4)C(=O)N23)cc1. The van der Waals surface area contributed by atoms with Crippen molar-refractivity contribution in [2.75, 3.05) is 12.9 Å². The third-order valence-electron chi connectivity index (χ3n) is 7.37. The molecular weight excluding hydrogens is 588 g/mol. The second kappa shape index (κ2) is 12.5. The average molecular weight is 617 g/mol. The summed E-state index contributed by atoms with van der Waals surface area (Å²) in [5.74, 6) is -0.412. The Balaban J connectivity index is 1.26. The molecule has 10 heteroatoms. The molecule has 0 radical (unpaired) electrons. The highest BCUT2D eigenvalue weighted by Gasteiger charge is 2.55. The minimum Gasteiger partial charge on any atom is -0.497 e. The monoisotopic (exact) mass is 616 g/mol. The molecule has 0 aromatic heterocycles. The number of thioether (sulfide) groups is 1. The molecule has 3 atom stereocenters. The van der Waals surface area contributed by atoms with Gasteiger partial charge in [-0.15, -0.1) is 11.8 Å². The van der Waals surface area contributed by atoms with Crippen molar-refractivity contribution in [1.29, 1.82) is 0 Å². The Morgan fingerprint density at radius 3 is 2.40 bits per heavy atom. The van der Waals surface area contributed by atoms with Gasteiger partial charge in [-0.3, -0.25) is 14.5 Å². The smallest absolute Gasteiger partial charge is 0.356 e. The minimum atomic E-state index is -1.63. The Morgan fingerprint density at radius 1 is 1.00 bits per heavy atom. The fraction of sp³-hybridized carbons (Fsp3) is 0.182. The molecule has 3 aromatic rings. The number of carbonyl (C=O) groups excluding carboxylic acids is 3. The van der Waals surface area contributed by atoms with E-state index in [1.165, 1.54) is 22.7 Å². The highest BCUT2D eigenvalue weighted by molar-refractivity contribution is 8.27. The van der Waals surface area contributed by atoms with E-state index in [1.54, 1.807) is 31.4 Å². The van der Waals surface area contributed by atoms with Crippen LogP contribution in [0.25, 0.3) is 5.57 Å². The van der Waals surface area contributed by atoms with Crippen molar-refractivity contribution in [3.05, 3.63) is 129 Å². The number of hydrogen-bond donors (Lipinski definition) is 2. The van der Waals surface area contributed by atoms with Crippen LogP contribution < -0.4 is 10.1 Å². The van der Waals surface area contributed by atoms with Gasteiger partial charge in [0.1, 0.15) is 34.6 Å². The zero-order valence-corrected chi connectivity index (χ0v) is 24.9. The van der Waals surface area contributed by atoms with E-state index < -0.39 is 34.2 Å². The molecule has 3 aliphatic heterocycles. The summed E-state index contributed by atoms with van der Waals surface area (Å²) in [5.41, 5.74) is 3.24. The van der Waals surface area contributed by atoms with Crippen LogP contribution in [-0.4, -0.2) is 47.0 Å². The largest absolute Gasteiger partial charge is 0.497 e. The number of thiol groups is 1. The van der Waals surface area contributed by atoms with Gasteiger partial charge in [-0.25, -0.2) is 9.18 Å². The van der Waals surface area contributed by atoms with E-state index in [4.69, 9.17) is 9.47 Å². The number of ether oxygens (including phenoxy) is 2. The van der Waals surface area contributed by atoms with E-state index in [0.29, 0.717) is 16.4 Å². The standard InChI is InChI=1S/C33H29FN2O5S2/c1-40-25-14-12-22(13-15-25)18-41-33(39)30-26(43-20-24(17-27(43)34)23-10-6-3-7-11-23)19-42-32-29(31(38)36(30)32)35-28(37)16-21-8-4-2-5-9-21/h2-15,17,20,29,32,43H,16,18-19H2,1H3,(H,35,37). The summed E-state index contributed by atoms with van der Waals surface area (Å²) in [5, 5.41) is 3.84. The van der Waals surface area contributed by atoms with Crippen LogP contribution in [0.1, 0.15) is 16.7 Å². The van der Waals surface area contributed by atoms with E-state index in [0.717, 1.165) is 22.3 Å². The van der Waals surface area contributed by atoms with Crippen molar-refractivity contribution >= 4 is 46.0 Å². The van der Waals surface area contributed by atoms with Crippen LogP contribution >= 0.6 is 22.7 Å². The van der Waals surface area contributed by atoms with E-state index in [1.807, 2.05) is 66.1 Å². The van der Waals surface area contributed by atoms with Crippen LogP contribution in [0.5, 0.6) is 5.75 Å². The molecule has 220 valence electrons. The quantitative estimate of drug-likeness (QED) is 0.189. The molecule has 3 aromatic carbocycles. The summed E-state index contributed by atoms with van der Waals surface area (Å²) in [6.45, 7) is -0.0297. The molecule has 0 aliphatic carbocycles. The number of hydrogen-bond acceptors (Lipinski definition) is 6. The number of nitrogens with one attached hydrogen (secondary N) is 1. The molecule has 43 heavy (non-hydrogen) atoms.